The maximum absolute atomic E-state index is 12.3. The van der Waals surface area contributed by atoms with E-state index in [2.05, 4.69) is 55.5 Å². The maximum atomic E-state index is 12.3. The first-order valence-electron chi connectivity index (χ1n) is 21.9. The zero-order valence-corrected chi connectivity index (χ0v) is 40.4. The number of unbranched alkanes of at least 4 members (excludes halogenated alkanes) is 2. The molecule has 0 amide bonds. The third-order valence-corrected chi connectivity index (χ3v) is 13.7. The van der Waals surface area contributed by atoms with Crippen LogP contribution in [0.1, 0.15) is 108 Å². The van der Waals surface area contributed by atoms with Gasteiger partial charge in [0.05, 0.1) is 73.4 Å². The Kier molecular flexibility index (Phi) is 18.8. The van der Waals surface area contributed by atoms with Crippen LogP contribution in [0, 0.1) is 13.8 Å². The fraction of sp³-hybridized carbons (Fsp3) is 0.532. The minimum absolute atomic E-state index is 0.136. The number of nitrogens with zero attached hydrogens (tertiary/aromatic N) is 2. The average molecular weight is 949 g/mol. The molecule has 3 N–H and O–H groups in total. The molecule has 0 unspecified atom stereocenters. The van der Waals surface area contributed by atoms with Crippen LogP contribution in [0.25, 0.3) is 0 Å². The smallest absolute Gasteiger partial charge is 0.303 e. The van der Waals surface area contributed by atoms with Gasteiger partial charge in [-0.25, -0.2) is 10.3 Å². The lowest BCUT2D eigenvalue weighted by molar-refractivity contribution is -0.438. The predicted octanol–water partition coefficient (Wildman–Crippen LogP) is 10.2. The van der Waals surface area contributed by atoms with Gasteiger partial charge < -0.3 is 19.3 Å². The first-order valence-corrected chi connectivity index (χ1v) is 24.4. The number of carboxylic acid groups (broad SMARTS) is 1. The number of carboxylic acids is 1. The van der Waals surface area contributed by atoms with E-state index in [0.29, 0.717) is 67.7 Å². The number of hydrogen-bond acceptors (Lipinski definition) is 12. The maximum Gasteiger partial charge on any atom is 0.303 e. The van der Waals surface area contributed by atoms with Crippen molar-refractivity contribution in [2.45, 2.75) is 120 Å². The molecule has 0 radical (unpaired) electrons. The number of aliphatic carboxylic acids is 1. The third kappa shape index (κ3) is 12.7. The van der Waals surface area contributed by atoms with E-state index in [-0.39, 0.29) is 29.9 Å². The summed E-state index contributed by atoms with van der Waals surface area (Å²) in [5.41, 5.74) is 8.31. The standard InChI is InChI=1S/C47H63ClN2O12S2/c1-8-9-20-49-40(46(4,5)38-30-36(63-62-61-53)28-32(2)44(38)49)18-16-34-13-12-14-35(43(34)48)17-19-41-47(6,7)39-31-37(64(54,55)56)29-33(3)45(39)50(41)60-27-26-59-25-24-58-23-22-57-21-11-10-15-42(51)52/h16-19,28-31H,8-15,20-27H2,1-7H3,(H2-,51,52,53,54,55,56)/p+1. The fourth-order valence-corrected chi connectivity index (χ4v) is 9.87. The lowest BCUT2D eigenvalue weighted by Crippen LogP contribution is -2.28. The summed E-state index contributed by atoms with van der Waals surface area (Å²) in [7, 11) is -4.47. The molecule has 0 aromatic heterocycles. The lowest BCUT2D eigenvalue weighted by atomic mass is 9.80. The van der Waals surface area contributed by atoms with Crippen molar-refractivity contribution < 1.29 is 61.1 Å². The first kappa shape index (κ1) is 51.6. The van der Waals surface area contributed by atoms with Gasteiger partial charge in [0.1, 0.15) is 6.54 Å². The van der Waals surface area contributed by atoms with E-state index in [0.717, 1.165) is 89.3 Å². The van der Waals surface area contributed by atoms with E-state index in [1.807, 2.05) is 32.1 Å². The normalized spacial score (nSPS) is 18.3. The van der Waals surface area contributed by atoms with Crippen LogP contribution in [0.5, 0.6) is 0 Å². The van der Waals surface area contributed by atoms with Crippen LogP contribution < -0.4 is 5.06 Å². The topological polar surface area (TPSA) is 174 Å². The number of benzene rings is 2. The predicted molar refractivity (Wildman–Crippen MR) is 248 cm³/mol. The number of aryl methyl sites for hydroxylation is 2. The van der Waals surface area contributed by atoms with Crippen molar-refractivity contribution in [1.82, 2.24) is 0 Å². The summed E-state index contributed by atoms with van der Waals surface area (Å²) in [4.78, 5) is 17.7. The highest BCUT2D eigenvalue weighted by Gasteiger charge is 2.46. The largest absolute Gasteiger partial charge is 0.481 e. The minimum Gasteiger partial charge on any atom is -0.481 e. The summed E-state index contributed by atoms with van der Waals surface area (Å²) >= 11 is 8.22. The van der Waals surface area contributed by atoms with E-state index in [1.165, 1.54) is 17.8 Å². The van der Waals surface area contributed by atoms with Crippen molar-refractivity contribution in [2.75, 3.05) is 57.9 Å². The van der Waals surface area contributed by atoms with E-state index in [9.17, 15) is 17.8 Å². The molecule has 0 spiro atoms. The molecule has 0 saturated heterocycles. The van der Waals surface area contributed by atoms with Crippen LogP contribution in [0.15, 0.2) is 80.2 Å². The Bertz CT molecular complexity index is 2270. The monoisotopic (exact) mass is 947 g/mol. The van der Waals surface area contributed by atoms with Crippen LogP contribution in [-0.4, -0.2) is 92.4 Å². The van der Waals surface area contributed by atoms with Crippen LogP contribution in [0.4, 0.5) is 11.4 Å². The van der Waals surface area contributed by atoms with Crippen molar-refractivity contribution in [2.24, 2.45) is 0 Å². The lowest BCUT2D eigenvalue weighted by Gasteiger charge is -2.26. The number of fused-ring (bicyclic) bond motifs is 2. The molecular formula is C47H64ClN2O12S2+. The molecule has 0 atom stereocenters. The fourth-order valence-electron chi connectivity index (χ4n) is 8.47. The molecule has 3 aliphatic rings. The Morgan fingerprint density at radius 1 is 0.875 bits per heavy atom. The molecule has 0 bridgehead atoms. The number of rotatable bonds is 25. The van der Waals surface area contributed by atoms with Gasteiger partial charge in [-0.05, 0) is 112 Å². The molecule has 17 heteroatoms. The number of allylic oxidation sites excluding steroid dienone is 8. The van der Waals surface area contributed by atoms with E-state index < -0.39 is 21.5 Å². The van der Waals surface area contributed by atoms with Crippen molar-refractivity contribution in [3.63, 3.8) is 0 Å². The Hall–Kier alpha value is -3.39. The molecular weight excluding hydrogens is 884 g/mol. The number of ether oxygens (including phenoxy) is 3. The summed E-state index contributed by atoms with van der Waals surface area (Å²) in [6.45, 7) is 17.8. The molecule has 64 heavy (non-hydrogen) atoms. The second kappa shape index (κ2) is 23.4. The number of hydroxylamine groups is 1. The summed E-state index contributed by atoms with van der Waals surface area (Å²) in [6, 6.07) is 7.08. The molecule has 352 valence electrons. The molecule has 2 aliphatic heterocycles. The van der Waals surface area contributed by atoms with Crippen LogP contribution in [-0.2, 0) is 54.2 Å². The zero-order chi connectivity index (χ0) is 46.7. The van der Waals surface area contributed by atoms with Gasteiger partial charge in [0, 0.05) is 52.0 Å². The Morgan fingerprint density at radius 3 is 2.22 bits per heavy atom. The highest BCUT2D eigenvalue weighted by Crippen LogP contribution is 2.51. The Morgan fingerprint density at radius 2 is 1.56 bits per heavy atom. The van der Waals surface area contributed by atoms with Gasteiger partial charge in [-0.1, -0.05) is 56.0 Å². The van der Waals surface area contributed by atoms with Crippen molar-refractivity contribution in [1.29, 1.82) is 0 Å². The van der Waals surface area contributed by atoms with Gasteiger partial charge in [0.15, 0.2) is 5.71 Å². The van der Waals surface area contributed by atoms with Crippen molar-refractivity contribution in [3.05, 3.63) is 92.7 Å². The highest BCUT2D eigenvalue weighted by atomic mass is 35.5. The van der Waals surface area contributed by atoms with Crippen molar-refractivity contribution in [3.8, 4) is 0 Å². The molecule has 2 aromatic carbocycles. The van der Waals surface area contributed by atoms with Gasteiger partial charge in [-0.3, -0.25) is 14.2 Å². The second-order valence-corrected chi connectivity index (χ2v) is 19.8. The first-order chi connectivity index (χ1) is 30.4. The summed E-state index contributed by atoms with van der Waals surface area (Å²) in [6.07, 6.45) is 14.3. The van der Waals surface area contributed by atoms with Gasteiger partial charge >= 0.3 is 5.97 Å². The molecule has 2 aromatic rings. The van der Waals surface area contributed by atoms with E-state index >= 15 is 0 Å². The quantitative estimate of drug-likeness (QED) is 0.0214. The number of halogens is 1. The van der Waals surface area contributed by atoms with Crippen LogP contribution in [0.3, 0.4) is 0 Å². The molecule has 0 saturated carbocycles. The number of hydrogen-bond donors (Lipinski definition) is 3. The van der Waals surface area contributed by atoms with Gasteiger partial charge in [0.2, 0.25) is 5.69 Å². The van der Waals surface area contributed by atoms with Gasteiger partial charge in [-0.15, -0.1) is 4.33 Å². The van der Waals surface area contributed by atoms with Gasteiger partial charge in [0.25, 0.3) is 10.1 Å². The molecule has 2 heterocycles. The highest BCUT2D eigenvalue weighted by molar-refractivity contribution is 7.94. The summed E-state index contributed by atoms with van der Waals surface area (Å²) in [5.74, 6) is -0.807. The van der Waals surface area contributed by atoms with Crippen LogP contribution in [0.2, 0.25) is 0 Å². The van der Waals surface area contributed by atoms with Crippen molar-refractivity contribution >= 4 is 56.8 Å². The molecule has 5 rings (SSSR count). The summed E-state index contributed by atoms with van der Waals surface area (Å²) < 4.78 is 58.8. The SMILES string of the molecule is CCCC[N+]1=C(/C=C/C2=C(Cl)C(=C/C=C3/N(OCCOCCOCCOCCCCC(=O)O)c4c(C)cc(S(=O)(=O)O)cc4C3(C)C)/CCC2)C(C)(C)c2cc(SOOO)cc(C)c21. The van der Waals surface area contributed by atoms with Gasteiger partial charge in [-0.2, -0.15) is 13.0 Å². The Balaban J connectivity index is 1.34. The van der Waals surface area contributed by atoms with Crippen LogP contribution >= 0.6 is 23.6 Å². The number of carbonyl (C=O) groups is 1. The second-order valence-electron chi connectivity index (χ2n) is 17.2. The molecule has 0 fully saturated rings. The third-order valence-electron chi connectivity index (χ3n) is 11.8. The summed E-state index contributed by atoms with van der Waals surface area (Å²) in [5, 5.41) is 23.8. The molecule has 14 nitrogen and oxygen atoms in total. The van der Waals surface area contributed by atoms with E-state index in [4.69, 9.17) is 45.3 Å². The average Bonchev–Trinajstić information content (AvgIpc) is 3.59. The molecule has 1 aliphatic carbocycles. The zero-order valence-electron chi connectivity index (χ0n) is 38.0. The van der Waals surface area contributed by atoms with E-state index in [1.54, 1.807) is 12.0 Å². The minimum atomic E-state index is -4.47. The Labute approximate surface area is 387 Å². The number of anilines is 1.